The summed E-state index contributed by atoms with van der Waals surface area (Å²) in [6.45, 7) is 16.7. The van der Waals surface area contributed by atoms with E-state index in [-0.39, 0.29) is 17.1 Å². The Morgan fingerprint density at radius 2 is 1.26 bits per heavy atom. The van der Waals surface area contributed by atoms with Crippen LogP contribution in [-0.4, -0.2) is 43.4 Å². The quantitative estimate of drug-likeness (QED) is 0.203. The summed E-state index contributed by atoms with van der Waals surface area (Å²) in [6, 6.07) is 0. The van der Waals surface area contributed by atoms with Gasteiger partial charge in [-0.15, -0.1) is 19.0 Å². The van der Waals surface area contributed by atoms with Gasteiger partial charge in [0, 0.05) is 34.7 Å². The first kappa shape index (κ1) is 30.7. The van der Waals surface area contributed by atoms with Gasteiger partial charge in [-0.05, 0) is 65.8 Å². The zero-order chi connectivity index (χ0) is 22.8. The summed E-state index contributed by atoms with van der Waals surface area (Å²) in [5.41, 5.74) is 7.25. The van der Waals surface area contributed by atoms with Gasteiger partial charge in [-0.2, -0.15) is 0 Å². The number of allylic oxidation sites excluding steroid dienone is 6. The van der Waals surface area contributed by atoms with E-state index in [2.05, 4.69) is 94.5 Å². The van der Waals surface area contributed by atoms with Crippen molar-refractivity contribution < 1.29 is 17.1 Å². The maximum atomic E-state index is 4.27. The second-order valence-corrected chi connectivity index (χ2v) is 9.24. The zero-order valence-corrected chi connectivity index (χ0v) is 24.4. The fraction of sp³-hybridized carbons (Fsp3) is 0.500. The van der Waals surface area contributed by atoms with E-state index in [0.29, 0.717) is 0 Å². The van der Waals surface area contributed by atoms with Crippen molar-refractivity contribution in [2.45, 2.75) is 41.5 Å². The minimum absolute atomic E-state index is 0. The topological polar surface area (TPSA) is 39.1 Å². The van der Waals surface area contributed by atoms with Crippen LogP contribution in [0.2, 0.25) is 0 Å². The van der Waals surface area contributed by atoms with Gasteiger partial charge in [-0.1, -0.05) is 42.8 Å². The predicted octanol–water partition coefficient (Wildman–Crippen LogP) is 6.74. The molecule has 0 atom stereocenters. The van der Waals surface area contributed by atoms with Crippen LogP contribution in [0.4, 0.5) is 0 Å². The molecule has 0 aromatic heterocycles. The van der Waals surface area contributed by atoms with Gasteiger partial charge >= 0.3 is 17.1 Å². The van der Waals surface area contributed by atoms with E-state index < -0.39 is 0 Å². The van der Waals surface area contributed by atoms with Gasteiger partial charge in [0.25, 0.3) is 0 Å². The van der Waals surface area contributed by atoms with Gasteiger partial charge in [0.1, 0.15) is 0 Å². The van der Waals surface area contributed by atoms with E-state index in [1.54, 1.807) is 35.8 Å². The van der Waals surface area contributed by atoms with Crippen molar-refractivity contribution in [3.63, 3.8) is 0 Å². The summed E-state index contributed by atoms with van der Waals surface area (Å²) >= 11 is 6.50. The molecule has 0 aliphatic carbocycles. The molecule has 0 bridgehead atoms. The molecule has 0 aromatic carbocycles. The normalized spacial score (nSPS) is 17.2. The molecule has 0 saturated carbocycles. The van der Waals surface area contributed by atoms with Gasteiger partial charge in [0.05, 0.1) is 0 Å². The van der Waals surface area contributed by atoms with Crippen molar-refractivity contribution in [1.82, 2.24) is 23.1 Å². The average molecular weight is 544 g/mol. The standard InChI is InChI=1S/C10H18N3S2.C10H17N3S2.Fe/c2*1-8(11-14-4)6-12-7-13(15-5)10(3)9(12)2;/h6-7,11H,1-5H3;6-7H,1-5H3;/q-1;-2;+3/b2*8-6-;. The van der Waals surface area contributed by atoms with Gasteiger partial charge in [-0.3, -0.25) is 11.9 Å². The van der Waals surface area contributed by atoms with Crippen molar-refractivity contribution in [1.29, 1.82) is 0 Å². The minimum Gasteiger partial charge on any atom is -0.634 e. The molecule has 1 N–H and O–H groups in total. The van der Waals surface area contributed by atoms with Crippen LogP contribution in [0.1, 0.15) is 41.5 Å². The van der Waals surface area contributed by atoms with E-state index in [9.17, 15) is 0 Å². The Morgan fingerprint density at radius 3 is 1.61 bits per heavy atom. The molecule has 2 aliphatic rings. The number of nitrogens with zero attached hydrogens (tertiary/aromatic N) is 5. The molecule has 177 valence electrons. The largest absolute Gasteiger partial charge is 3.00 e. The number of nitrogens with one attached hydrogen (secondary N) is 1. The summed E-state index contributed by atoms with van der Waals surface area (Å²) < 4.78 is 11.8. The fourth-order valence-electron chi connectivity index (χ4n) is 2.66. The van der Waals surface area contributed by atoms with E-state index in [0.717, 1.165) is 11.4 Å². The second-order valence-electron chi connectivity index (χ2n) is 6.57. The first-order chi connectivity index (χ1) is 14.2. The van der Waals surface area contributed by atoms with Crippen molar-refractivity contribution in [3.8, 4) is 0 Å². The molecule has 1 radical (unpaired) electrons. The van der Waals surface area contributed by atoms with Crippen LogP contribution in [0.25, 0.3) is 4.72 Å². The first-order valence-electron chi connectivity index (χ1n) is 9.38. The summed E-state index contributed by atoms with van der Waals surface area (Å²) in [4.78, 5) is 4.26. The third-order valence-corrected chi connectivity index (χ3v) is 7.01. The SMILES string of the molecule is CSN/C(C)=C\N1[CH-]N(SC)C(C)=C1C.CS[N-]/C(C)=C\N1[CH-]N(SC)C(C)=C1C.[Fe+3]. The molecule has 0 aromatic rings. The first-order valence-corrected chi connectivity index (χ1v) is 14.1. The van der Waals surface area contributed by atoms with Crippen molar-refractivity contribution in [2.24, 2.45) is 0 Å². The van der Waals surface area contributed by atoms with E-state index in [4.69, 9.17) is 0 Å². The maximum absolute atomic E-state index is 4.27. The third-order valence-electron chi connectivity index (χ3n) is 4.49. The molecular formula is C20H35FeN6S4. The Morgan fingerprint density at radius 1 is 0.806 bits per heavy atom. The van der Waals surface area contributed by atoms with Crippen LogP contribution >= 0.6 is 47.8 Å². The van der Waals surface area contributed by atoms with Crippen LogP contribution in [-0.2, 0) is 17.1 Å². The third kappa shape index (κ3) is 9.21. The molecule has 0 amide bonds. The van der Waals surface area contributed by atoms with Crippen LogP contribution in [0.3, 0.4) is 0 Å². The van der Waals surface area contributed by atoms with E-state index in [1.165, 1.54) is 34.7 Å². The van der Waals surface area contributed by atoms with Crippen LogP contribution < -0.4 is 4.72 Å². The van der Waals surface area contributed by atoms with Crippen LogP contribution in [0.15, 0.2) is 46.6 Å². The van der Waals surface area contributed by atoms with E-state index >= 15 is 0 Å². The molecule has 11 heteroatoms. The predicted molar refractivity (Wildman–Crippen MR) is 141 cm³/mol. The fourth-order valence-corrected chi connectivity index (χ4v) is 4.57. The van der Waals surface area contributed by atoms with Crippen LogP contribution in [0, 0.1) is 13.3 Å². The molecule has 0 unspecified atom stereocenters. The Balaban J connectivity index is 0.000000562. The van der Waals surface area contributed by atoms with Crippen molar-refractivity contribution in [2.75, 3.05) is 25.0 Å². The molecule has 6 nitrogen and oxygen atoms in total. The molecule has 2 aliphatic heterocycles. The molecule has 2 rings (SSSR count). The summed E-state index contributed by atoms with van der Waals surface area (Å²) in [6.07, 6.45) is 12.3. The van der Waals surface area contributed by atoms with Crippen LogP contribution in [0.5, 0.6) is 0 Å². The van der Waals surface area contributed by atoms with Crippen molar-refractivity contribution in [3.05, 3.63) is 64.6 Å². The van der Waals surface area contributed by atoms with Gasteiger partial charge in [0.15, 0.2) is 0 Å². The summed E-state index contributed by atoms with van der Waals surface area (Å²) in [5, 5.41) is 0. The Kier molecular flexibility index (Phi) is 15.3. The maximum Gasteiger partial charge on any atom is 3.00 e. The van der Waals surface area contributed by atoms with E-state index in [1.807, 2.05) is 25.6 Å². The van der Waals surface area contributed by atoms with Gasteiger partial charge in [0.2, 0.25) is 0 Å². The molecule has 0 fully saturated rings. The number of rotatable bonds is 8. The Labute approximate surface area is 218 Å². The number of hydrogen-bond donors (Lipinski definition) is 1. The molecule has 2 heterocycles. The average Bonchev–Trinajstić information content (AvgIpc) is 3.13. The Bertz CT molecular complexity index is 637. The second kappa shape index (κ2) is 15.5. The molecular weight excluding hydrogens is 508 g/mol. The van der Waals surface area contributed by atoms with Crippen molar-refractivity contribution >= 4 is 47.8 Å². The molecule has 0 saturated heterocycles. The Hall–Kier alpha value is -0.321. The summed E-state index contributed by atoms with van der Waals surface area (Å²) in [5.74, 6) is 0. The summed E-state index contributed by atoms with van der Waals surface area (Å²) in [7, 11) is 0. The zero-order valence-electron chi connectivity index (χ0n) is 20.0. The molecule has 0 spiro atoms. The van der Waals surface area contributed by atoms with Gasteiger partial charge < -0.3 is 27.9 Å². The molecule has 31 heavy (non-hydrogen) atoms. The smallest absolute Gasteiger partial charge is 0.634 e. The monoisotopic (exact) mass is 543 g/mol. The number of hydrogen-bond acceptors (Lipinski definition) is 9. The minimum atomic E-state index is 0. The van der Waals surface area contributed by atoms with Gasteiger partial charge in [-0.25, -0.2) is 0 Å².